The van der Waals surface area contributed by atoms with Gasteiger partial charge < -0.3 is 38.3 Å². The molecule has 1 saturated heterocycles. The number of carbonyl (C=O) groups is 3. The molecule has 1 heterocycles. The number of hydrogen-bond donors (Lipinski definition) is 1. The molecule has 0 unspecified atom stereocenters. The lowest BCUT2D eigenvalue weighted by atomic mass is 9.80. The second-order valence-electron chi connectivity index (χ2n) is 11.0. The summed E-state index contributed by atoms with van der Waals surface area (Å²) in [6, 6.07) is 26.8. The molecule has 252 valence electrons. The number of aliphatic hydroxyl groups is 1. The van der Waals surface area contributed by atoms with Gasteiger partial charge in [-0.2, -0.15) is 0 Å². The smallest absolute Gasteiger partial charge is 0.303 e. The molecule has 1 aliphatic rings. The summed E-state index contributed by atoms with van der Waals surface area (Å²) in [7, 11) is 1.59. The first kappa shape index (κ1) is 35.6. The topological polar surface area (TPSA) is 136 Å². The van der Waals surface area contributed by atoms with Crippen LogP contribution in [0.3, 0.4) is 0 Å². The van der Waals surface area contributed by atoms with E-state index in [-0.39, 0.29) is 19.8 Å². The Labute approximate surface area is 274 Å². The van der Waals surface area contributed by atoms with Crippen LogP contribution in [0.15, 0.2) is 84.9 Å². The van der Waals surface area contributed by atoms with E-state index in [9.17, 15) is 19.5 Å². The van der Waals surface area contributed by atoms with E-state index < -0.39 is 54.2 Å². The standard InChI is InChI=1S/C36H42O11/c1-24(38)44-32-31(47-35(42-22-12-11-21-37)34(46-26(3)40)33(32)45-25(2)39)23-43-36(27-13-7-5-8-14-27,28-15-9-6-10-16-28)29-17-19-30(41-4)20-18-29/h5-10,13-20,31-35,37H,11-12,21-23H2,1-4H3/t31-,32+,33+,34-,35-/m1/s1. The maximum Gasteiger partial charge on any atom is 0.303 e. The van der Waals surface area contributed by atoms with E-state index >= 15 is 0 Å². The van der Waals surface area contributed by atoms with E-state index in [1.165, 1.54) is 20.8 Å². The molecule has 0 spiro atoms. The number of ether oxygens (including phenoxy) is 7. The first-order valence-corrected chi connectivity index (χ1v) is 15.5. The highest BCUT2D eigenvalue weighted by Gasteiger charge is 2.53. The third-order valence-corrected chi connectivity index (χ3v) is 7.65. The van der Waals surface area contributed by atoms with Gasteiger partial charge in [0.2, 0.25) is 0 Å². The molecule has 0 amide bonds. The van der Waals surface area contributed by atoms with Crippen LogP contribution in [-0.2, 0) is 48.4 Å². The van der Waals surface area contributed by atoms with Crippen molar-refractivity contribution in [2.75, 3.05) is 26.9 Å². The molecule has 0 bridgehead atoms. The highest BCUT2D eigenvalue weighted by Crippen LogP contribution is 2.42. The summed E-state index contributed by atoms with van der Waals surface area (Å²) in [5.74, 6) is -1.37. The highest BCUT2D eigenvalue weighted by molar-refractivity contribution is 5.68. The third-order valence-electron chi connectivity index (χ3n) is 7.65. The van der Waals surface area contributed by atoms with Crippen molar-refractivity contribution in [3.63, 3.8) is 0 Å². The van der Waals surface area contributed by atoms with Crippen LogP contribution in [0, 0.1) is 0 Å². The van der Waals surface area contributed by atoms with Crippen molar-refractivity contribution in [3.8, 4) is 5.75 Å². The van der Waals surface area contributed by atoms with Crippen LogP contribution in [0.4, 0.5) is 0 Å². The average molecular weight is 651 g/mol. The number of hydrogen-bond acceptors (Lipinski definition) is 11. The monoisotopic (exact) mass is 650 g/mol. The lowest BCUT2D eigenvalue weighted by Crippen LogP contribution is -2.63. The summed E-state index contributed by atoms with van der Waals surface area (Å²) in [5, 5.41) is 9.25. The Morgan fingerprint density at radius 3 is 1.72 bits per heavy atom. The third kappa shape index (κ3) is 8.95. The molecule has 4 rings (SSSR count). The zero-order chi connectivity index (χ0) is 33.8. The fraction of sp³-hybridized carbons (Fsp3) is 0.417. The highest BCUT2D eigenvalue weighted by atomic mass is 16.7. The predicted molar refractivity (Wildman–Crippen MR) is 169 cm³/mol. The Morgan fingerprint density at radius 2 is 1.21 bits per heavy atom. The van der Waals surface area contributed by atoms with Crippen molar-refractivity contribution in [3.05, 3.63) is 102 Å². The van der Waals surface area contributed by atoms with Crippen LogP contribution in [0.25, 0.3) is 0 Å². The number of methoxy groups -OCH3 is 1. The number of carbonyl (C=O) groups excluding carboxylic acids is 3. The first-order chi connectivity index (χ1) is 22.7. The Hall–Kier alpha value is -4.29. The Balaban J connectivity index is 1.81. The maximum absolute atomic E-state index is 12.4. The largest absolute Gasteiger partial charge is 0.497 e. The van der Waals surface area contributed by atoms with Gasteiger partial charge in [-0.15, -0.1) is 0 Å². The molecule has 5 atom stereocenters. The average Bonchev–Trinajstić information content (AvgIpc) is 3.06. The number of benzene rings is 3. The van der Waals surface area contributed by atoms with Gasteiger partial charge in [-0.3, -0.25) is 14.4 Å². The van der Waals surface area contributed by atoms with E-state index in [0.29, 0.717) is 18.6 Å². The fourth-order valence-corrected chi connectivity index (χ4v) is 5.67. The van der Waals surface area contributed by atoms with Gasteiger partial charge >= 0.3 is 17.9 Å². The molecule has 1 aliphatic heterocycles. The van der Waals surface area contributed by atoms with Gasteiger partial charge in [0.05, 0.1) is 13.7 Å². The molecular weight excluding hydrogens is 608 g/mol. The molecule has 0 aliphatic carbocycles. The molecule has 0 saturated carbocycles. The van der Waals surface area contributed by atoms with Crippen LogP contribution in [0.2, 0.25) is 0 Å². The summed E-state index contributed by atoms with van der Waals surface area (Å²) in [4.78, 5) is 37.0. The van der Waals surface area contributed by atoms with Crippen molar-refractivity contribution in [2.45, 2.75) is 69.9 Å². The van der Waals surface area contributed by atoms with Crippen molar-refractivity contribution in [1.29, 1.82) is 0 Å². The summed E-state index contributed by atoms with van der Waals surface area (Å²) >= 11 is 0. The number of esters is 3. The van der Waals surface area contributed by atoms with Crippen molar-refractivity contribution in [2.24, 2.45) is 0 Å². The predicted octanol–water partition coefficient (Wildman–Crippen LogP) is 4.31. The van der Waals surface area contributed by atoms with Gasteiger partial charge in [-0.05, 0) is 41.7 Å². The molecule has 1 fully saturated rings. The molecule has 0 radical (unpaired) electrons. The van der Waals surface area contributed by atoms with E-state index in [0.717, 1.165) is 16.7 Å². The van der Waals surface area contributed by atoms with E-state index in [1.54, 1.807) is 7.11 Å². The molecule has 11 heteroatoms. The molecule has 3 aromatic rings. The van der Waals surface area contributed by atoms with Crippen LogP contribution < -0.4 is 4.74 Å². The van der Waals surface area contributed by atoms with Crippen molar-refractivity contribution >= 4 is 17.9 Å². The van der Waals surface area contributed by atoms with Crippen LogP contribution in [-0.4, -0.2) is 80.7 Å². The quantitative estimate of drug-likeness (QED) is 0.109. The van der Waals surface area contributed by atoms with Gasteiger partial charge in [0.25, 0.3) is 0 Å². The molecule has 0 aromatic heterocycles. The van der Waals surface area contributed by atoms with Gasteiger partial charge in [-0.25, -0.2) is 0 Å². The van der Waals surface area contributed by atoms with E-state index in [1.807, 2.05) is 84.9 Å². The molecular formula is C36H42O11. The minimum absolute atomic E-state index is 0.0320. The summed E-state index contributed by atoms with van der Waals surface area (Å²) < 4.78 is 41.7. The molecule has 47 heavy (non-hydrogen) atoms. The van der Waals surface area contributed by atoms with E-state index in [4.69, 9.17) is 33.2 Å². The summed E-state index contributed by atoms with van der Waals surface area (Å²) in [6.45, 7) is 3.55. The lowest BCUT2D eigenvalue weighted by Gasteiger charge is -2.45. The normalized spacial score (nSPS) is 21.0. The van der Waals surface area contributed by atoms with Crippen LogP contribution >= 0.6 is 0 Å². The van der Waals surface area contributed by atoms with Crippen molar-refractivity contribution < 1.29 is 52.6 Å². The Kier molecular flexibility index (Phi) is 12.9. The summed E-state index contributed by atoms with van der Waals surface area (Å²) in [5.41, 5.74) is 1.20. The molecule has 11 nitrogen and oxygen atoms in total. The van der Waals surface area contributed by atoms with Gasteiger partial charge in [-0.1, -0.05) is 72.8 Å². The van der Waals surface area contributed by atoms with Gasteiger partial charge in [0, 0.05) is 34.0 Å². The zero-order valence-corrected chi connectivity index (χ0v) is 27.0. The van der Waals surface area contributed by atoms with Crippen molar-refractivity contribution in [1.82, 2.24) is 0 Å². The summed E-state index contributed by atoms with van der Waals surface area (Å²) in [6.07, 6.45) is -5.10. The number of unbranched alkanes of at least 4 members (excludes halogenated alkanes) is 1. The molecule has 1 N–H and O–H groups in total. The maximum atomic E-state index is 12.4. The lowest BCUT2D eigenvalue weighted by molar-refractivity contribution is -0.311. The number of rotatable bonds is 15. The minimum atomic E-state index is -1.28. The van der Waals surface area contributed by atoms with Crippen LogP contribution in [0.5, 0.6) is 5.75 Å². The zero-order valence-electron chi connectivity index (χ0n) is 27.0. The van der Waals surface area contributed by atoms with Crippen LogP contribution in [0.1, 0.15) is 50.3 Å². The Morgan fingerprint density at radius 1 is 0.702 bits per heavy atom. The van der Waals surface area contributed by atoms with E-state index in [2.05, 4.69) is 0 Å². The first-order valence-electron chi connectivity index (χ1n) is 15.5. The molecule has 3 aromatic carbocycles. The second kappa shape index (κ2) is 17.0. The SMILES string of the molecule is COc1ccc(C(OC[C@H]2O[C@@H](OCCCCO)[C@H](OC(C)=O)[C@@H](OC(C)=O)[C@H]2OC(C)=O)(c2ccccc2)c2ccccc2)cc1. The van der Waals surface area contributed by atoms with Gasteiger partial charge in [0.15, 0.2) is 24.6 Å². The minimum Gasteiger partial charge on any atom is -0.497 e. The fourth-order valence-electron chi connectivity index (χ4n) is 5.67. The van der Waals surface area contributed by atoms with Gasteiger partial charge in [0.1, 0.15) is 17.5 Å². The number of aliphatic hydroxyl groups excluding tert-OH is 1. The second-order valence-corrected chi connectivity index (χ2v) is 11.0. The Bertz CT molecular complexity index is 1390.